The van der Waals surface area contributed by atoms with Crippen molar-refractivity contribution in [3.8, 4) is 5.69 Å². The van der Waals surface area contributed by atoms with Gasteiger partial charge in [0, 0.05) is 21.7 Å². The summed E-state index contributed by atoms with van der Waals surface area (Å²) in [6, 6.07) is 7.81. The third-order valence-electron chi connectivity index (χ3n) is 2.93. The Hall–Kier alpha value is -2.34. The first kappa shape index (κ1) is 12.7. The number of aromatic amines is 1. The van der Waals surface area contributed by atoms with Gasteiger partial charge in [-0.3, -0.25) is 9.55 Å². The number of esters is 1. The monoisotopic (exact) mass is 288 g/mol. The standard InChI is InChI=1S/C14H12N2O3S/c1-2-19-13(17)10-7-16(14(18)15-10)11-8-20-12-6-4-3-5-9(11)12/h3-8H,2H2,1H3,(H,15,18). The van der Waals surface area contributed by atoms with Crippen LogP contribution in [0.3, 0.4) is 0 Å². The number of fused-ring (bicyclic) bond motifs is 1. The molecule has 0 bridgehead atoms. The molecule has 2 heterocycles. The molecule has 1 aromatic carbocycles. The van der Waals surface area contributed by atoms with Crippen LogP contribution in [-0.4, -0.2) is 22.1 Å². The largest absolute Gasteiger partial charge is 0.461 e. The number of rotatable bonds is 3. The molecule has 0 radical (unpaired) electrons. The number of benzene rings is 1. The van der Waals surface area contributed by atoms with E-state index in [0.29, 0.717) is 0 Å². The van der Waals surface area contributed by atoms with Crippen LogP contribution in [0, 0.1) is 0 Å². The van der Waals surface area contributed by atoms with E-state index in [-0.39, 0.29) is 18.0 Å². The SMILES string of the molecule is CCOC(=O)c1cn(-c2csc3ccccc23)c(=O)[nH]1. The molecule has 3 aromatic rings. The molecule has 102 valence electrons. The molecule has 0 spiro atoms. The van der Waals surface area contributed by atoms with E-state index in [1.807, 2.05) is 29.6 Å². The van der Waals surface area contributed by atoms with Crippen molar-refractivity contribution in [3.05, 3.63) is 52.0 Å². The topological polar surface area (TPSA) is 64.1 Å². The molecule has 0 saturated heterocycles. The van der Waals surface area contributed by atoms with Crippen LogP contribution < -0.4 is 5.69 Å². The second-order valence-corrected chi connectivity index (χ2v) is 5.09. The fourth-order valence-electron chi connectivity index (χ4n) is 2.04. The van der Waals surface area contributed by atoms with Gasteiger partial charge in [0.05, 0.1) is 12.3 Å². The number of hydrogen-bond acceptors (Lipinski definition) is 4. The van der Waals surface area contributed by atoms with Crippen LogP contribution in [0.4, 0.5) is 0 Å². The normalized spacial score (nSPS) is 10.8. The Morgan fingerprint density at radius 3 is 3.00 bits per heavy atom. The maximum absolute atomic E-state index is 12.0. The molecule has 0 unspecified atom stereocenters. The van der Waals surface area contributed by atoms with Crippen molar-refractivity contribution in [2.24, 2.45) is 0 Å². The highest BCUT2D eigenvalue weighted by Gasteiger charge is 2.14. The summed E-state index contributed by atoms with van der Waals surface area (Å²) in [5, 5.41) is 2.88. The molecular formula is C14H12N2O3S. The Morgan fingerprint density at radius 1 is 1.40 bits per heavy atom. The Bertz CT molecular complexity index is 828. The molecule has 0 atom stereocenters. The minimum absolute atomic E-state index is 0.159. The minimum Gasteiger partial charge on any atom is -0.461 e. The maximum atomic E-state index is 12.0. The lowest BCUT2D eigenvalue weighted by Crippen LogP contribution is -2.14. The Kier molecular flexibility index (Phi) is 3.15. The van der Waals surface area contributed by atoms with E-state index in [1.165, 1.54) is 10.8 Å². The lowest BCUT2D eigenvalue weighted by atomic mass is 10.2. The third kappa shape index (κ3) is 2.04. The predicted octanol–water partition coefficient (Wildman–Crippen LogP) is 2.56. The summed E-state index contributed by atoms with van der Waals surface area (Å²) in [4.78, 5) is 26.2. The fraction of sp³-hybridized carbons (Fsp3) is 0.143. The minimum atomic E-state index is -0.525. The Morgan fingerprint density at radius 2 is 2.20 bits per heavy atom. The summed E-state index contributed by atoms with van der Waals surface area (Å²) >= 11 is 1.56. The van der Waals surface area contributed by atoms with Crippen LogP contribution in [0.5, 0.6) is 0 Å². The molecular weight excluding hydrogens is 276 g/mol. The number of aromatic nitrogens is 2. The van der Waals surface area contributed by atoms with E-state index >= 15 is 0 Å². The predicted molar refractivity (Wildman–Crippen MR) is 77.7 cm³/mol. The molecule has 5 nitrogen and oxygen atoms in total. The molecule has 0 aliphatic rings. The van der Waals surface area contributed by atoms with Crippen LogP contribution >= 0.6 is 11.3 Å². The second kappa shape index (κ2) is 4.97. The number of carbonyl (C=O) groups is 1. The first-order valence-corrected chi connectivity index (χ1v) is 7.04. The van der Waals surface area contributed by atoms with E-state index in [2.05, 4.69) is 4.98 Å². The van der Waals surface area contributed by atoms with Crippen molar-refractivity contribution in [2.45, 2.75) is 6.92 Å². The summed E-state index contributed by atoms with van der Waals surface area (Å²) in [6.07, 6.45) is 1.48. The zero-order valence-electron chi connectivity index (χ0n) is 10.8. The highest BCUT2D eigenvalue weighted by Crippen LogP contribution is 2.27. The van der Waals surface area contributed by atoms with Gasteiger partial charge in [-0.25, -0.2) is 9.59 Å². The molecule has 0 saturated carbocycles. The summed E-state index contributed by atoms with van der Waals surface area (Å²) < 4.78 is 7.41. The fourth-order valence-corrected chi connectivity index (χ4v) is 2.97. The van der Waals surface area contributed by atoms with Crippen LogP contribution in [0.25, 0.3) is 15.8 Å². The molecule has 3 rings (SSSR count). The summed E-state index contributed by atoms with van der Waals surface area (Å²) in [7, 11) is 0. The number of ether oxygens (including phenoxy) is 1. The maximum Gasteiger partial charge on any atom is 0.356 e. The van der Waals surface area contributed by atoms with Crippen LogP contribution in [0.2, 0.25) is 0 Å². The first-order chi connectivity index (χ1) is 9.70. The van der Waals surface area contributed by atoms with E-state index in [1.54, 1.807) is 18.3 Å². The van der Waals surface area contributed by atoms with Gasteiger partial charge >= 0.3 is 11.7 Å². The lowest BCUT2D eigenvalue weighted by Gasteiger charge is -1.98. The molecule has 0 amide bonds. The zero-order chi connectivity index (χ0) is 14.1. The van der Waals surface area contributed by atoms with Crippen molar-refractivity contribution in [3.63, 3.8) is 0 Å². The molecule has 0 aliphatic heterocycles. The molecule has 6 heteroatoms. The van der Waals surface area contributed by atoms with Crippen molar-refractivity contribution in [2.75, 3.05) is 6.61 Å². The molecule has 2 aromatic heterocycles. The van der Waals surface area contributed by atoms with Gasteiger partial charge in [-0.15, -0.1) is 11.3 Å². The van der Waals surface area contributed by atoms with Crippen molar-refractivity contribution < 1.29 is 9.53 Å². The van der Waals surface area contributed by atoms with Gasteiger partial charge in [0.25, 0.3) is 0 Å². The van der Waals surface area contributed by atoms with Crippen LogP contribution in [0.15, 0.2) is 40.6 Å². The quantitative estimate of drug-likeness (QED) is 0.753. The van der Waals surface area contributed by atoms with Gasteiger partial charge < -0.3 is 4.74 Å². The van der Waals surface area contributed by atoms with Gasteiger partial charge in [0.15, 0.2) is 0 Å². The highest BCUT2D eigenvalue weighted by atomic mass is 32.1. The summed E-state index contributed by atoms with van der Waals surface area (Å²) in [5.41, 5.74) is 0.575. The number of carbonyl (C=O) groups excluding carboxylic acids is 1. The van der Waals surface area contributed by atoms with Gasteiger partial charge in [0.2, 0.25) is 0 Å². The Balaban J connectivity index is 2.11. The van der Waals surface area contributed by atoms with Gasteiger partial charge in [-0.1, -0.05) is 18.2 Å². The number of imidazole rings is 1. The Labute approximate surface area is 118 Å². The van der Waals surface area contributed by atoms with Crippen molar-refractivity contribution in [1.29, 1.82) is 0 Å². The molecule has 1 N–H and O–H groups in total. The number of nitrogens with zero attached hydrogens (tertiary/aromatic N) is 1. The average molecular weight is 288 g/mol. The van der Waals surface area contributed by atoms with E-state index in [0.717, 1.165) is 15.8 Å². The first-order valence-electron chi connectivity index (χ1n) is 6.16. The van der Waals surface area contributed by atoms with Gasteiger partial charge in [-0.2, -0.15) is 0 Å². The van der Waals surface area contributed by atoms with Crippen LogP contribution in [-0.2, 0) is 4.74 Å². The van der Waals surface area contributed by atoms with E-state index in [4.69, 9.17) is 4.74 Å². The molecule has 0 aliphatic carbocycles. The van der Waals surface area contributed by atoms with Gasteiger partial charge in [-0.05, 0) is 13.0 Å². The van der Waals surface area contributed by atoms with Crippen molar-refractivity contribution in [1.82, 2.24) is 9.55 Å². The lowest BCUT2D eigenvalue weighted by molar-refractivity contribution is 0.0520. The van der Waals surface area contributed by atoms with Gasteiger partial charge in [0.1, 0.15) is 5.69 Å². The van der Waals surface area contributed by atoms with Crippen LogP contribution in [0.1, 0.15) is 17.4 Å². The molecule has 20 heavy (non-hydrogen) atoms. The number of H-pyrrole nitrogens is 1. The van der Waals surface area contributed by atoms with E-state index < -0.39 is 5.97 Å². The number of nitrogens with one attached hydrogen (secondary N) is 1. The third-order valence-corrected chi connectivity index (χ3v) is 3.89. The summed E-state index contributed by atoms with van der Waals surface area (Å²) in [5.74, 6) is -0.525. The smallest absolute Gasteiger partial charge is 0.356 e. The average Bonchev–Trinajstić information content (AvgIpc) is 3.02. The van der Waals surface area contributed by atoms with Crippen molar-refractivity contribution >= 4 is 27.4 Å². The molecule has 0 fully saturated rings. The van der Waals surface area contributed by atoms with E-state index in [9.17, 15) is 9.59 Å². The number of thiophene rings is 1. The summed E-state index contributed by atoms with van der Waals surface area (Å²) in [6.45, 7) is 1.99. The highest BCUT2D eigenvalue weighted by molar-refractivity contribution is 7.17. The second-order valence-electron chi connectivity index (χ2n) is 4.18. The zero-order valence-corrected chi connectivity index (χ0v) is 11.6. The number of hydrogen-bond donors (Lipinski definition) is 1.